The van der Waals surface area contributed by atoms with Crippen LogP contribution in [0.25, 0.3) is 0 Å². The van der Waals surface area contributed by atoms with Gasteiger partial charge in [0.2, 0.25) is 0 Å². The molecule has 4 aliphatic carbocycles. The Hall–Kier alpha value is -1.19. The van der Waals surface area contributed by atoms with Gasteiger partial charge < -0.3 is 55.0 Å². The summed E-state index contributed by atoms with van der Waals surface area (Å²) in [6.45, 7) is 8.34. The van der Waals surface area contributed by atoms with E-state index in [9.17, 15) is 30.3 Å². The second-order valence-electron chi connectivity index (χ2n) is 16.4. The predicted molar refractivity (Wildman–Crippen MR) is 166 cm³/mol. The lowest BCUT2D eigenvalue weighted by molar-refractivity contribution is -0.353. The Morgan fingerprint density at radius 1 is 0.830 bits per heavy atom. The van der Waals surface area contributed by atoms with E-state index in [-0.39, 0.29) is 34.7 Å². The van der Waals surface area contributed by atoms with E-state index in [1.807, 2.05) is 0 Å². The van der Waals surface area contributed by atoms with Gasteiger partial charge in [-0.1, -0.05) is 13.8 Å². The van der Waals surface area contributed by atoms with Gasteiger partial charge in [-0.3, -0.25) is 0 Å². The van der Waals surface area contributed by atoms with Crippen LogP contribution in [0.3, 0.4) is 0 Å². The lowest BCUT2D eigenvalue weighted by atomic mass is 9.43. The third kappa shape index (κ3) is 5.36. The minimum Gasteiger partial charge on any atom is -0.458 e. The Morgan fingerprint density at radius 3 is 2.28 bits per heavy atom. The van der Waals surface area contributed by atoms with Crippen molar-refractivity contribution in [1.82, 2.24) is 0 Å². The number of aliphatic hydroxyl groups is 5. The average molecular weight is 666 g/mol. The van der Waals surface area contributed by atoms with Gasteiger partial charge in [-0.15, -0.1) is 0 Å². The fourth-order valence-electron chi connectivity index (χ4n) is 11.3. The Labute approximate surface area is 276 Å². The Kier molecular flexibility index (Phi) is 8.93. The molecule has 2 saturated heterocycles. The lowest BCUT2D eigenvalue weighted by Crippen LogP contribution is -2.65. The molecule has 6 fully saturated rings. The maximum absolute atomic E-state index is 12.5. The van der Waals surface area contributed by atoms with Crippen LogP contribution in [0.15, 0.2) is 11.6 Å². The molecule has 12 heteroatoms. The summed E-state index contributed by atoms with van der Waals surface area (Å²) in [5, 5.41) is 55.6. The number of rotatable bonds is 5. The molecule has 0 aromatic heterocycles. The van der Waals surface area contributed by atoms with Crippen LogP contribution in [0.1, 0.15) is 85.5 Å². The molecule has 0 bridgehead atoms. The molecule has 7 rings (SSSR count). The number of carbonyl (C=O) groups excluding carboxylic acids is 1. The Bertz CT molecular complexity index is 1230. The van der Waals surface area contributed by atoms with Gasteiger partial charge in [0.15, 0.2) is 12.6 Å². The first kappa shape index (κ1) is 34.3. The highest BCUT2D eigenvalue weighted by atomic mass is 16.7. The van der Waals surface area contributed by atoms with Crippen LogP contribution in [0.2, 0.25) is 0 Å². The van der Waals surface area contributed by atoms with Gasteiger partial charge in [0.1, 0.15) is 37.1 Å². The summed E-state index contributed by atoms with van der Waals surface area (Å²) in [5.41, 5.74) is 5.97. The van der Waals surface area contributed by atoms with E-state index < -0.39 is 67.0 Å². The quantitative estimate of drug-likeness (QED) is 0.183. The first-order chi connectivity index (χ1) is 22.2. The summed E-state index contributed by atoms with van der Waals surface area (Å²) in [7, 11) is 0. The maximum atomic E-state index is 12.5. The third-order valence-electron chi connectivity index (χ3n) is 14.2. The first-order valence-electron chi connectivity index (χ1n) is 17.9. The summed E-state index contributed by atoms with van der Waals surface area (Å²) in [5.74, 6) is 0.901. The van der Waals surface area contributed by atoms with Crippen molar-refractivity contribution in [2.24, 2.45) is 40.2 Å². The van der Waals surface area contributed by atoms with Crippen LogP contribution in [0.4, 0.5) is 0 Å². The van der Waals surface area contributed by atoms with Gasteiger partial charge in [-0.2, -0.15) is 0 Å². The van der Waals surface area contributed by atoms with Crippen LogP contribution < -0.4 is 5.73 Å². The Morgan fingerprint density at radius 2 is 1.55 bits per heavy atom. The van der Waals surface area contributed by atoms with Gasteiger partial charge in [0.05, 0.1) is 30.0 Å². The number of esters is 1. The molecule has 12 nitrogen and oxygen atoms in total. The zero-order valence-corrected chi connectivity index (χ0v) is 28.1. The number of nitrogens with two attached hydrogens (primary N) is 1. The number of cyclic esters (lactones) is 1. The molecule has 7 N–H and O–H groups in total. The van der Waals surface area contributed by atoms with Gasteiger partial charge in [0.25, 0.3) is 0 Å². The largest absolute Gasteiger partial charge is 0.458 e. The molecular formula is C35H55NO11. The number of fused-ring (bicyclic) bond motifs is 5. The minimum absolute atomic E-state index is 0.0532. The van der Waals surface area contributed by atoms with Crippen molar-refractivity contribution in [3.05, 3.63) is 11.6 Å². The molecule has 0 aromatic rings. The van der Waals surface area contributed by atoms with Gasteiger partial charge in [-0.25, -0.2) is 4.79 Å². The molecule has 0 aromatic carbocycles. The molecule has 266 valence electrons. The van der Waals surface area contributed by atoms with Crippen LogP contribution in [-0.2, 0) is 28.5 Å². The van der Waals surface area contributed by atoms with Crippen LogP contribution in [0, 0.1) is 34.5 Å². The second-order valence-corrected chi connectivity index (χ2v) is 16.4. The minimum atomic E-state index is -1.45. The van der Waals surface area contributed by atoms with Crippen molar-refractivity contribution in [2.45, 2.75) is 159 Å². The van der Waals surface area contributed by atoms with E-state index in [1.54, 1.807) is 19.9 Å². The monoisotopic (exact) mass is 665 g/mol. The van der Waals surface area contributed by atoms with Crippen molar-refractivity contribution in [1.29, 1.82) is 0 Å². The van der Waals surface area contributed by atoms with Gasteiger partial charge in [-0.05, 0) is 106 Å². The Balaban J connectivity index is 1.01. The summed E-state index contributed by atoms with van der Waals surface area (Å²) < 4.78 is 29.3. The molecule has 47 heavy (non-hydrogen) atoms. The standard InChI is InChI=1S/C35H55NO11/c1-16-25(36)27(39)28(40)31(44-16)47-30-26(38)17(2)45-32(29(30)41)46-20-7-10-33(3)19(14-20)5-6-23-22(33)8-11-34(4)21(9-12-35(23,34)42)18-13-24(37)43-15-18/h13,16-17,19-23,25-32,38-42H,5-12,14-15,36H2,1-4H3/t16?,17?,19-,20-,21+,22?,23+,25?,26?,27-,28-,29-,30-,31?,32?,33?,34?,35-/m0/s1. The lowest BCUT2D eigenvalue weighted by Gasteiger charge is -2.64. The van der Waals surface area contributed by atoms with Crippen molar-refractivity contribution >= 4 is 5.97 Å². The molecule has 0 spiro atoms. The zero-order chi connectivity index (χ0) is 33.6. The summed E-state index contributed by atoms with van der Waals surface area (Å²) >= 11 is 0. The van der Waals surface area contributed by atoms with E-state index in [4.69, 9.17) is 29.4 Å². The fourth-order valence-corrected chi connectivity index (χ4v) is 11.3. The number of hydrogen-bond donors (Lipinski definition) is 6. The van der Waals surface area contributed by atoms with Crippen LogP contribution >= 0.6 is 0 Å². The SMILES string of the molecule is CC1OC(O[C@H]2C(O)C(C)OC(O[C@H]3CCC4(C)C5CCC6(C)[C@@H](C7=CC(=O)OC7)CC[C@]6(O)[C@@H]5CC[C@H]4C3)[C@H]2O)[C@@H](O)[C@@H](O)C1N. The highest BCUT2D eigenvalue weighted by molar-refractivity contribution is 5.85. The van der Waals surface area contributed by atoms with Crippen LogP contribution in [0.5, 0.6) is 0 Å². The summed E-state index contributed by atoms with van der Waals surface area (Å²) in [6.07, 6.45) is -0.607. The summed E-state index contributed by atoms with van der Waals surface area (Å²) in [6, 6.07) is -0.802. The second kappa shape index (κ2) is 12.2. The molecule has 3 heterocycles. The predicted octanol–water partition coefficient (Wildman–Crippen LogP) is 1.27. The highest BCUT2D eigenvalue weighted by Gasteiger charge is 2.68. The van der Waals surface area contributed by atoms with E-state index in [0.29, 0.717) is 18.4 Å². The summed E-state index contributed by atoms with van der Waals surface area (Å²) in [4.78, 5) is 11.9. The molecule has 7 aliphatic rings. The third-order valence-corrected chi connectivity index (χ3v) is 14.2. The zero-order valence-electron chi connectivity index (χ0n) is 28.1. The van der Waals surface area contributed by atoms with Crippen molar-refractivity contribution in [3.63, 3.8) is 0 Å². The van der Waals surface area contributed by atoms with Gasteiger partial charge >= 0.3 is 5.97 Å². The average Bonchev–Trinajstić information content (AvgIpc) is 3.58. The topological polar surface area (TPSA) is 190 Å². The van der Waals surface area contributed by atoms with E-state index >= 15 is 0 Å². The number of carbonyl (C=O) groups is 1. The smallest absolute Gasteiger partial charge is 0.331 e. The molecule has 0 amide bonds. The normalized spacial score (nSPS) is 56.3. The van der Waals surface area contributed by atoms with Crippen molar-refractivity contribution < 1.29 is 54.0 Å². The van der Waals surface area contributed by atoms with Crippen LogP contribution in [-0.4, -0.2) is 111 Å². The maximum Gasteiger partial charge on any atom is 0.331 e. The number of ether oxygens (including phenoxy) is 5. The molecular weight excluding hydrogens is 610 g/mol. The fraction of sp³-hybridized carbons (Fsp3) is 0.914. The molecule has 4 saturated carbocycles. The van der Waals surface area contributed by atoms with E-state index in [0.717, 1.165) is 63.4 Å². The molecule has 0 radical (unpaired) electrons. The number of hydrogen-bond acceptors (Lipinski definition) is 12. The van der Waals surface area contributed by atoms with Crippen molar-refractivity contribution in [3.8, 4) is 0 Å². The van der Waals surface area contributed by atoms with Crippen molar-refractivity contribution in [2.75, 3.05) is 6.61 Å². The molecule has 18 atom stereocenters. The van der Waals surface area contributed by atoms with E-state index in [2.05, 4.69) is 13.8 Å². The number of aliphatic hydroxyl groups excluding tert-OH is 4. The first-order valence-corrected chi connectivity index (χ1v) is 17.9. The van der Waals surface area contributed by atoms with Gasteiger partial charge in [0, 0.05) is 11.5 Å². The molecule has 9 unspecified atom stereocenters. The molecule has 3 aliphatic heterocycles. The van der Waals surface area contributed by atoms with E-state index in [1.165, 1.54) is 0 Å². The highest BCUT2D eigenvalue weighted by Crippen LogP contribution is 2.70.